The summed E-state index contributed by atoms with van der Waals surface area (Å²) in [5.41, 5.74) is 1.92. The largest absolute Gasteiger partial charge is 0.481 e. The minimum atomic E-state index is -0.512. The van der Waals surface area contributed by atoms with Gasteiger partial charge in [0, 0.05) is 11.6 Å². The molecule has 4 nitrogen and oxygen atoms in total. The highest BCUT2D eigenvalue weighted by atomic mass is 35.5. The summed E-state index contributed by atoms with van der Waals surface area (Å²) in [5, 5.41) is 3.75. The van der Waals surface area contributed by atoms with E-state index in [-0.39, 0.29) is 5.91 Å². The van der Waals surface area contributed by atoms with Crippen LogP contribution in [0.25, 0.3) is 0 Å². The monoisotopic (exact) mass is 352 g/mol. The summed E-state index contributed by atoms with van der Waals surface area (Å²) in [6.45, 7) is 8.70. The third kappa shape index (κ3) is 5.38. The molecule has 1 aromatic carbocycles. The Hall–Kier alpha value is -1.26. The van der Waals surface area contributed by atoms with E-state index in [1.165, 1.54) is 12.8 Å². The Balaban J connectivity index is 1.76. The maximum Gasteiger partial charge on any atom is 0.260 e. The maximum atomic E-state index is 12.2. The Labute approximate surface area is 150 Å². The number of aryl methyl sites for hydroxylation is 2. The van der Waals surface area contributed by atoms with Gasteiger partial charge in [-0.1, -0.05) is 11.6 Å². The predicted octanol–water partition coefficient (Wildman–Crippen LogP) is 3.57. The summed E-state index contributed by atoms with van der Waals surface area (Å²) in [5.74, 6) is 1.35. The molecule has 1 heterocycles. The molecule has 1 atom stereocenters. The van der Waals surface area contributed by atoms with Crippen molar-refractivity contribution in [1.29, 1.82) is 0 Å². The van der Waals surface area contributed by atoms with Gasteiger partial charge in [0.25, 0.3) is 5.91 Å². The van der Waals surface area contributed by atoms with E-state index in [0.29, 0.717) is 5.75 Å². The molecule has 1 fully saturated rings. The van der Waals surface area contributed by atoms with Crippen LogP contribution in [0.1, 0.15) is 37.3 Å². The quantitative estimate of drug-likeness (QED) is 0.850. The molecule has 1 N–H and O–H groups in total. The Bertz CT molecular complexity index is 545. The highest BCUT2D eigenvalue weighted by molar-refractivity contribution is 6.32. The van der Waals surface area contributed by atoms with Crippen molar-refractivity contribution in [2.24, 2.45) is 5.92 Å². The van der Waals surface area contributed by atoms with Gasteiger partial charge in [0.05, 0.1) is 0 Å². The normalized spacial score (nSPS) is 17.5. The fourth-order valence-electron chi connectivity index (χ4n) is 3.13. The molecule has 1 aliphatic rings. The van der Waals surface area contributed by atoms with Crippen LogP contribution in [-0.4, -0.2) is 43.6 Å². The first-order valence-corrected chi connectivity index (χ1v) is 9.14. The van der Waals surface area contributed by atoms with Crippen LogP contribution >= 0.6 is 11.6 Å². The first kappa shape index (κ1) is 19.1. The van der Waals surface area contributed by atoms with Gasteiger partial charge in [-0.2, -0.15) is 0 Å². The lowest BCUT2D eigenvalue weighted by atomic mass is 9.94. The number of likely N-dealkylation sites (tertiary alicyclic amines) is 1. The molecule has 2 rings (SSSR count). The van der Waals surface area contributed by atoms with Gasteiger partial charge >= 0.3 is 0 Å². The summed E-state index contributed by atoms with van der Waals surface area (Å²) in [7, 11) is 2.16. The average molecular weight is 353 g/mol. The molecule has 0 bridgehead atoms. The Kier molecular flexibility index (Phi) is 6.93. The number of amides is 1. The molecule has 0 unspecified atom stereocenters. The number of carbonyl (C=O) groups is 1. The molecule has 134 valence electrons. The number of ether oxygens (including phenoxy) is 1. The number of benzene rings is 1. The third-order valence-electron chi connectivity index (χ3n) is 4.78. The van der Waals surface area contributed by atoms with Gasteiger partial charge in [0.15, 0.2) is 6.10 Å². The van der Waals surface area contributed by atoms with Crippen molar-refractivity contribution in [2.45, 2.75) is 46.1 Å². The number of hydrogen-bond acceptors (Lipinski definition) is 3. The maximum absolute atomic E-state index is 12.2. The number of nitrogens with one attached hydrogen (secondary N) is 1. The van der Waals surface area contributed by atoms with Gasteiger partial charge in [-0.15, -0.1) is 0 Å². The number of carbonyl (C=O) groups excluding carboxylic acids is 1. The topological polar surface area (TPSA) is 41.6 Å². The fraction of sp³-hybridized carbons (Fsp3) is 0.632. The predicted molar refractivity (Wildman–Crippen MR) is 98.9 cm³/mol. The zero-order valence-corrected chi connectivity index (χ0v) is 15.9. The van der Waals surface area contributed by atoms with Crippen molar-refractivity contribution in [3.8, 4) is 5.75 Å². The van der Waals surface area contributed by atoms with Crippen molar-refractivity contribution in [3.63, 3.8) is 0 Å². The zero-order chi connectivity index (χ0) is 17.7. The lowest BCUT2D eigenvalue weighted by Gasteiger charge is -2.29. The van der Waals surface area contributed by atoms with Gasteiger partial charge in [0.2, 0.25) is 0 Å². The average Bonchev–Trinajstić information content (AvgIpc) is 2.54. The van der Waals surface area contributed by atoms with Crippen LogP contribution in [0.2, 0.25) is 5.02 Å². The fourth-order valence-corrected chi connectivity index (χ4v) is 3.23. The van der Waals surface area contributed by atoms with Crippen molar-refractivity contribution < 1.29 is 9.53 Å². The van der Waals surface area contributed by atoms with E-state index in [9.17, 15) is 4.79 Å². The Morgan fingerprint density at radius 1 is 1.33 bits per heavy atom. The lowest BCUT2D eigenvalue weighted by molar-refractivity contribution is -0.127. The van der Waals surface area contributed by atoms with Crippen LogP contribution < -0.4 is 10.1 Å². The SMILES string of the molecule is Cc1cc(O[C@H](C)C(=O)NCCC2CCN(C)CC2)cc(C)c1Cl. The molecule has 0 saturated carbocycles. The first-order chi connectivity index (χ1) is 11.4. The molecule has 1 saturated heterocycles. The summed E-state index contributed by atoms with van der Waals surface area (Å²) in [6.07, 6.45) is 2.98. The smallest absolute Gasteiger partial charge is 0.260 e. The molecule has 0 aliphatic carbocycles. The van der Waals surface area contributed by atoms with E-state index in [4.69, 9.17) is 16.3 Å². The molecule has 0 radical (unpaired) electrons. The van der Waals surface area contributed by atoms with Gasteiger partial charge in [-0.3, -0.25) is 4.79 Å². The van der Waals surface area contributed by atoms with E-state index in [0.717, 1.165) is 48.1 Å². The summed E-state index contributed by atoms with van der Waals surface area (Å²) >= 11 is 6.16. The van der Waals surface area contributed by atoms with Crippen LogP contribution in [-0.2, 0) is 4.79 Å². The van der Waals surface area contributed by atoms with Crippen LogP contribution in [0, 0.1) is 19.8 Å². The van der Waals surface area contributed by atoms with Crippen molar-refractivity contribution in [3.05, 3.63) is 28.3 Å². The molecule has 0 spiro atoms. The number of rotatable bonds is 6. The van der Waals surface area contributed by atoms with Gasteiger partial charge in [-0.05, 0) is 89.3 Å². The number of piperidine rings is 1. The Morgan fingerprint density at radius 3 is 2.50 bits per heavy atom. The van der Waals surface area contributed by atoms with E-state index in [1.54, 1.807) is 6.92 Å². The number of nitrogens with zero attached hydrogens (tertiary/aromatic N) is 1. The molecule has 1 amide bonds. The standard InChI is InChI=1S/C19H29ClN2O2/c1-13-11-17(12-14(2)18(13)20)24-15(3)19(23)21-8-5-16-6-9-22(4)10-7-16/h11-12,15-16H,5-10H2,1-4H3,(H,21,23)/t15-/m1/s1. The number of hydrogen-bond donors (Lipinski definition) is 1. The van der Waals surface area contributed by atoms with E-state index >= 15 is 0 Å². The summed E-state index contributed by atoms with van der Waals surface area (Å²) < 4.78 is 5.77. The van der Waals surface area contributed by atoms with Gasteiger partial charge in [-0.25, -0.2) is 0 Å². The van der Waals surface area contributed by atoms with Crippen molar-refractivity contribution in [2.75, 3.05) is 26.7 Å². The molecular weight excluding hydrogens is 324 g/mol. The van der Waals surface area contributed by atoms with Gasteiger partial charge < -0.3 is 15.0 Å². The second-order valence-corrected chi connectivity index (χ2v) is 7.34. The highest BCUT2D eigenvalue weighted by Gasteiger charge is 2.18. The van der Waals surface area contributed by atoms with Crippen LogP contribution in [0.15, 0.2) is 12.1 Å². The first-order valence-electron chi connectivity index (χ1n) is 8.76. The molecule has 1 aliphatic heterocycles. The summed E-state index contributed by atoms with van der Waals surface area (Å²) in [4.78, 5) is 14.6. The third-order valence-corrected chi connectivity index (χ3v) is 5.38. The minimum absolute atomic E-state index is 0.0619. The van der Waals surface area contributed by atoms with E-state index in [1.807, 2.05) is 26.0 Å². The van der Waals surface area contributed by atoms with Crippen LogP contribution in [0.5, 0.6) is 5.75 Å². The van der Waals surface area contributed by atoms with Crippen molar-refractivity contribution >= 4 is 17.5 Å². The zero-order valence-electron chi connectivity index (χ0n) is 15.2. The van der Waals surface area contributed by atoms with Crippen LogP contribution in [0.3, 0.4) is 0 Å². The summed E-state index contributed by atoms with van der Waals surface area (Å²) in [6, 6.07) is 3.75. The van der Waals surface area contributed by atoms with Gasteiger partial charge in [0.1, 0.15) is 5.75 Å². The number of halogens is 1. The lowest BCUT2D eigenvalue weighted by Crippen LogP contribution is -2.38. The van der Waals surface area contributed by atoms with E-state index in [2.05, 4.69) is 17.3 Å². The molecule has 1 aromatic rings. The van der Waals surface area contributed by atoms with Crippen LogP contribution in [0.4, 0.5) is 0 Å². The second-order valence-electron chi connectivity index (χ2n) is 6.96. The van der Waals surface area contributed by atoms with E-state index < -0.39 is 6.10 Å². The Morgan fingerprint density at radius 2 is 1.92 bits per heavy atom. The molecular formula is C19H29ClN2O2. The second kappa shape index (κ2) is 8.72. The highest BCUT2D eigenvalue weighted by Crippen LogP contribution is 2.26. The molecule has 5 heteroatoms. The van der Waals surface area contributed by atoms with Crippen molar-refractivity contribution in [1.82, 2.24) is 10.2 Å². The minimum Gasteiger partial charge on any atom is -0.481 e. The molecule has 0 aromatic heterocycles. The molecule has 24 heavy (non-hydrogen) atoms.